The monoisotopic (exact) mass is 278 g/mol. The second-order valence-corrected chi connectivity index (χ2v) is 6.43. The molecule has 1 aliphatic heterocycles. The van der Waals surface area contributed by atoms with Crippen LogP contribution in [0.3, 0.4) is 0 Å². The fourth-order valence-corrected chi connectivity index (χ4v) is 4.13. The van der Waals surface area contributed by atoms with Crippen molar-refractivity contribution in [3.63, 3.8) is 0 Å². The largest absolute Gasteiger partial charge is 0.307 e. The Morgan fingerprint density at radius 2 is 1.79 bits per heavy atom. The zero-order valence-electron chi connectivity index (χ0n) is 10.3. The molecule has 0 spiro atoms. The van der Waals surface area contributed by atoms with Gasteiger partial charge in [0.25, 0.3) is 0 Å². The molecular weight excluding hydrogens is 264 g/mol. The summed E-state index contributed by atoms with van der Waals surface area (Å²) in [6, 6.07) is 7.04. The SMILES string of the molecule is O=Cc1cn(S(=O)(=O)N2CCCC2)c2ccccc12. The Morgan fingerprint density at radius 1 is 1.11 bits per heavy atom. The van der Waals surface area contributed by atoms with E-state index in [-0.39, 0.29) is 0 Å². The Morgan fingerprint density at radius 3 is 2.47 bits per heavy atom. The lowest BCUT2D eigenvalue weighted by Gasteiger charge is -2.16. The third kappa shape index (κ3) is 1.87. The Kier molecular flexibility index (Phi) is 2.91. The van der Waals surface area contributed by atoms with Gasteiger partial charge in [0.2, 0.25) is 0 Å². The molecule has 0 radical (unpaired) electrons. The molecule has 0 saturated carbocycles. The lowest BCUT2D eigenvalue weighted by molar-refractivity contribution is 0.112. The summed E-state index contributed by atoms with van der Waals surface area (Å²) in [5.41, 5.74) is 0.954. The van der Waals surface area contributed by atoms with Gasteiger partial charge in [0.05, 0.1) is 5.52 Å². The standard InChI is InChI=1S/C13H14N2O3S/c16-10-11-9-15(13-6-2-1-5-12(11)13)19(17,18)14-7-3-4-8-14/h1-2,5-6,9-10H,3-4,7-8H2. The third-order valence-corrected chi connectivity index (χ3v) is 5.29. The fourth-order valence-electron chi connectivity index (χ4n) is 2.50. The molecule has 5 nitrogen and oxygen atoms in total. The van der Waals surface area contributed by atoms with Crippen molar-refractivity contribution in [1.29, 1.82) is 0 Å². The van der Waals surface area contributed by atoms with Crippen molar-refractivity contribution in [3.05, 3.63) is 36.0 Å². The lowest BCUT2D eigenvalue weighted by Crippen LogP contribution is -2.32. The van der Waals surface area contributed by atoms with Gasteiger partial charge in [0, 0.05) is 30.2 Å². The van der Waals surface area contributed by atoms with E-state index >= 15 is 0 Å². The van der Waals surface area contributed by atoms with Gasteiger partial charge in [-0.25, -0.2) is 3.97 Å². The average molecular weight is 278 g/mol. The predicted octanol–water partition coefficient (Wildman–Crippen LogP) is 1.64. The normalized spacial score (nSPS) is 17.1. The second-order valence-electron chi connectivity index (χ2n) is 4.63. The van der Waals surface area contributed by atoms with E-state index in [0.29, 0.717) is 35.8 Å². The Balaban J connectivity index is 2.22. The highest BCUT2D eigenvalue weighted by molar-refractivity contribution is 7.87. The highest BCUT2D eigenvalue weighted by Crippen LogP contribution is 2.24. The van der Waals surface area contributed by atoms with E-state index in [2.05, 4.69) is 0 Å². The molecule has 1 aromatic heterocycles. The molecular formula is C13H14N2O3S. The van der Waals surface area contributed by atoms with Crippen LogP contribution in [-0.2, 0) is 10.2 Å². The number of fused-ring (bicyclic) bond motifs is 1. The van der Waals surface area contributed by atoms with Crippen molar-refractivity contribution >= 4 is 27.4 Å². The Bertz CT molecular complexity index is 727. The summed E-state index contributed by atoms with van der Waals surface area (Å²) in [7, 11) is -3.56. The van der Waals surface area contributed by atoms with Crippen molar-refractivity contribution < 1.29 is 13.2 Å². The van der Waals surface area contributed by atoms with E-state index in [1.54, 1.807) is 24.3 Å². The quantitative estimate of drug-likeness (QED) is 0.802. The zero-order valence-corrected chi connectivity index (χ0v) is 11.1. The van der Waals surface area contributed by atoms with Gasteiger partial charge in [-0.05, 0) is 18.9 Å². The predicted molar refractivity (Wildman–Crippen MR) is 72.5 cm³/mol. The molecule has 1 fully saturated rings. The molecule has 6 heteroatoms. The number of carbonyl (C=O) groups excluding carboxylic acids is 1. The second kappa shape index (κ2) is 4.47. The fraction of sp³-hybridized carbons (Fsp3) is 0.308. The first kappa shape index (κ1) is 12.4. The van der Waals surface area contributed by atoms with Gasteiger partial charge in [-0.1, -0.05) is 18.2 Å². The van der Waals surface area contributed by atoms with Crippen LogP contribution in [0.4, 0.5) is 0 Å². The van der Waals surface area contributed by atoms with Crippen LogP contribution in [0.15, 0.2) is 30.5 Å². The third-order valence-electron chi connectivity index (χ3n) is 3.48. The first-order valence-corrected chi connectivity index (χ1v) is 7.60. The van der Waals surface area contributed by atoms with Crippen LogP contribution >= 0.6 is 0 Å². The van der Waals surface area contributed by atoms with E-state index in [1.807, 2.05) is 0 Å². The number of benzene rings is 1. The van der Waals surface area contributed by atoms with E-state index in [1.165, 1.54) is 14.5 Å². The van der Waals surface area contributed by atoms with E-state index < -0.39 is 10.2 Å². The summed E-state index contributed by atoms with van der Waals surface area (Å²) in [6.45, 7) is 1.09. The minimum absolute atomic E-state index is 0.401. The van der Waals surface area contributed by atoms with Crippen LogP contribution in [0.5, 0.6) is 0 Å². The molecule has 1 aliphatic rings. The van der Waals surface area contributed by atoms with Crippen molar-refractivity contribution in [1.82, 2.24) is 8.28 Å². The maximum absolute atomic E-state index is 12.6. The van der Waals surface area contributed by atoms with Gasteiger partial charge >= 0.3 is 10.2 Å². The molecule has 0 atom stereocenters. The maximum Gasteiger partial charge on any atom is 0.307 e. The number of rotatable bonds is 3. The number of hydrogen-bond donors (Lipinski definition) is 0. The minimum atomic E-state index is -3.56. The first-order chi connectivity index (χ1) is 9.14. The first-order valence-electron chi connectivity index (χ1n) is 6.20. The van der Waals surface area contributed by atoms with Crippen molar-refractivity contribution in [2.75, 3.05) is 13.1 Å². The van der Waals surface area contributed by atoms with Crippen LogP contribution in [0.25, 0.3) is 10.9 Å². The summed E-state index contributed by atoms with van der Waals surface area (Å²) in [5, 5.41) is 0.667. The highest BCUT2D eigenvalue weighted by atomic mass is 32.2. The molecule has 3 rings (SSSR count). The molecule has 0 unspecified atom stereocenters. The Hall–Kier alpha value is -1.66. The molecule has 2 aromatic rings. The number of aromatic nitrogens is 1. The maximum atomic E-state index is 12.6. The van der Waals surface area contributed by atoms with Gasteiger partial charge in [-0.3, -0.25) is 4.79 Å². The van der Waals surface area contributed by atoms with Gasteiger partial charge in [-0.2, -0.15) is 12.7 Å². The lowest BCUT2D eigenvalue weighted by atomic mass is 10.2. The summed E-state index contributed by atoms with van der Waals surface area (Å²) >= 11 is 0. The molecule has 1 saturated heterocycles. The zero-order chi connectivity index (χ0) is 13.5. The van der Waals surface area contributed by atoms with Gasteiger partial charge in [0.15, 0.2) is 6.29 Å². The Labute approximate surface area is 111 Å². The van der Waals surface area contributed by atoms with Crippen LogP contribution in [0.1, 0.15) is 23.2 Å². The van der Waals surface area contributed by atoms with Gasteiger partial charge in [-0.15, -0.1) is 0 Å². The number of carbonyl (C=O) groups is 1. The molecule has 19 heavy (non-hydrogen) atoms. The highest BCUT2D eigenvalue weighted by Gasteiger charge is 2.28. The van der Waals surface area contributed by atoms with Crippen LogP contribution < -0.4 is 0 Å². The molecule has 0 N–H and O–H groups in total. The molecule has 0 aliphatic carbocycles. The summed E-state index contributed by atoms with van der Waals surface area (Å²) in [4.78, 5) is 11.1. The van der Waals surface area contributed by atoms with Gasteiger partial charge in [0.1, 0.15) is 0 Å². The van der Waals surface area contributed by atoms with Crippen LogP contribution in [-0.4, -0.2) is 36.1 Å². The van der Waals surface area contributed by atoms with E-state index in [0.717, 1.165) is 12.8 Å². The average Bonchev–Trinajstić information content (AvgIpc) is 3.07. The van der Waals surface area contributed by atoms with Crippen molar-refractivity contribution in [2.24, 2.45) is 0 Å². The van der Waals surface area contributed by atoms with Crippen LogP contribution in [0.2, 0.25) is 0 Å². The minimum Gasteiger partial charge on any atom is -0.298 e. The number of nitrogens with zero attached hydrogens (tertiary/aromatic N) is 2. The summed E-state index contributed by atoms with van der Waals surface area (Å²) in [5.74, 6) is 0. The molecule has 0 bridgehead atoms. The van der Waals surface area contributed by atoms with Gasteiger partial charge < -0.3 is 0 Å². The topological polar surface area (TPSA) is 59.4 Å². The van der Waals surface area contributed by atoms with Crippen LogP contribution in [0, 0.1) is 0 Å². The van der Waals surface area contributed by atoms with E-state index in [4.69, 9.17) is 0 Å². The molecule has 2 heterocycles. The summed E-state index contributed by atoms with van der Waals surface area (Å²) < 4.78 is 27.8. The van der Waals surface area contributed by atoms with Crippen molar-refractivity contribution in [3.8, 4) is 0 Å². The smallest absolute Gasteiger partial charge is 0.298 e. The molecule has 100 valence electrons. The number of aldehydes is 1. The van der Waals surface area contributed by atoms with Crippen molar-refractivity contribution in [2.45, 2.75) is 12.8 Å². The number of hydrogen-bond acceptors (Lipinski definition) is 3. The number of para-hydroxylation sites is 1. The van der Waals surface area contributed by atoms with E-state index in [9.17, 15) is 13.2 Å². The molecule has 0 amide bonds. The summed E-state index contributed by atoms with van der Waals surface area (Å²) in [6.07, 6.45) is 3.88. The molecule has 1 aromatic carbocycles.